The van der Waals surface area contributed by atoms with Crippen molar-refractivity contribution in [2.75, 3.05) is 31.6 Å². The third kappa shape index (κ3) is 3.65. The molecule has 2 aromatic rings. The van der Waals surface area contributed by atoms with E-state index in [2.05, 4.69) is 30.2 Å². The van der Waals surface area contributed by atoms with E-state index < -0.39 is 0 Å². The number of rotatable bonds is 6. The topological polar surface area (TPSA) is 57.6 Å². The first-order valence-corrected chi connectivity index (χ1v) is 11.9. The minimum absolute atomic E-state index is 0.0727. The van der Waals surface area contributed by atoms with Crippen LogP contribution in [-0.2, 0) is 6.42 Å². The average Bonchev–Trinajstić information content (AvgIpc) is 3.02. The summed E-state index contributed by atoms with van der Waals surface area (Å²) in [6.07, 6.45) is 4.52. The lowest BCUT2D eigenvalue weighted by Crippen LogP contribution is -2.47. The standard InChI is InChI=1S/C25H36N4O2/c1-6-11-28-12-9-10-19-21-13-18(17(5)30)14-23-24(21)20(15-22(19)28)16(4)29(23)26-25(31)27(7-2)8-3/h13-14,19,22H,6-12,15H2,1-5H3,(H,26,31)/t19-,22-/m1/s1. The van der Waals surface area contributed by atoms with Crippen molar-refractivity contribution in [2.45, 2.75) is 72.3 Å². The first kappa shape index (κ1) is 21.9. The Morgan fingerprint density at radius 3 is 2.58 bits per heavy atom. The van der Waals surface area contributed by atoms with Gasteiger partial charge < -0.3 is 4.90 Å². The summed E-state index contributed by atoms with van der Waals surface area (Å²) in [5.41, 5.74) is 8.53. The van der Waals surface area contributed by atoms with Crippen LogP contribution in [0, 0.1) is 6.92 Å². The fourth-order valence-corrected chi connectivity index (χ4v) is 5.75. The Bertz CT molecular complexity index is 1000. The maximum absolute atomic E-state index is 12.9. The zero-order chi connectivity index (χ0) is 22.3. The molecule has 31 heavy (non-hydrogen) atoms. The Kier molecular flexibility index (Phi) is 6.11. The van der Waals surface area contributed by atoms with Gasteiger partial charge in [0.25, 0.3) is 0 Å². The van der Waals surface area contributed by atoms with Crippen molar-refractivity contribution < 1.29 is 9.59 Å². The molecular weight excluding hydrogens is 388 g/mol. The van der Waals surface area contributed by atoms with Crippen LogP contribution in [0.1, 0.15) is 80.1 Å². The van der Waals surface area contributed by atoms with Crippen molar-refractivity contribution >= 4 is 22.7 Å². The van der Waals surface area contributed by atoms with E-state index in [0.717, 1.165) is 49.1 Å². The molecule has 4 rings (SSSR count). The first-order valence-electron chi connectivity index (χ1n) is 11.9. The van der Waals surface area contributed by atoms with Gasteiger partial charge in [-0.1, -0.05) is 6.92 Å². The van der Waals surface area contributed by atoms with Gasteiger partial charge in [-0.3, -0.25) is 14.4 Å². The van der Waals surface area contributed by atoms with Crippen LogP contribution in [0.4, 0.5) is 4.79 Å². The van der Waals surface area contributed by atoms with Gasteiger partial charge in [-0.15, -0.1) is 0 Å². The minimum Gasteiger partial charge on any atom is -0.324 e. The number of amides is 2. The van der Waals surface area contributed by atoms with Crippen molar-refractivity contribution in [2.24, 2.45) is 0 Å². The molecule has 0 unspecified atom stereocenters. The summed E-state index contributed by atoms with van der Waals surface area (Å²) in [7, 11) is 0. The SMILES string of the molecule is CCCN1CCC[C@@H]2c3cc(C(C)=O)cc4c3c(c(C)n4NC(=O)N(CC)CC)C[C@H]21. The molecule has 2 amide bonds. The molecule has 2 atom stereocenters. The Balaban J connectivity index is 1.88. The summed E-state index contributed by atoms with van der Waals surface area (Å²) in [6, 6.07) is 4.47. The lowest BCUT2D eigenvalue weighted by molar-refractivity contribution is 0.101. The molecule has 1 aromatic carbocycles. The van der Waals surface area contributed by atoms with Gasteiger partial charge in [-0.05, 0) is 89.7 Å². The van der Waals surface area contributed by atoms with Crippen molar-refractivity contribution in [3.8, 4) is 0 Å². The smallest absolute Gasteiger partial charge is 0.324 e. The minimum atomic E-state index is -0.101. The molecule has 6 heteroatoms. The molecule has 0 saturated carbocycles. The summed E-state index contributed by atoms with van der Waals surface area (Å²) in [6.45, 7) is 13.5. The van der Waals surface area contributed by atoms with Crippen molar-refractivity contribution in [1.82, 2.24) is 14.5 Å². The number of likely N-dealkylation sites (tertiary alicyclic amines) is 1. The number of nitrogens with zero attached hydrogens (tertiary/aromatic N) is 3. The van der Waals surface area contributed by atoms with Crippen LogP contribution in [0.2, 0.25) is 0 Å². The zero-order valence-corrected chi connectivity index (χ0v) is 19.6. The molecule has 0 radical (unpaired) electrons. The number of Topliss-reactive ketones (excluding diaryl/α,β-unsaturated/α-hetero) is 1. The third-order valence-corrected chi connectivity index (χ3v) is 7.34. The molecule has 1 aromatic heterocycles. The third-order valence-electron chi connectivity index (χ3n) is 7.34. The molecule has 1 N–H and O–H groups in total. The molecule has 1 aliphatic heterocycles. The molecule has 168 valence electrons. The van der Waals surface area contributed by atoms with Crippen molar-refractivity contribution in [1.29, 1.82) is 0 Å². The van der Waals surface area contributed by atoms with Gasteiger partial charge in [0.2, 0.25) is 0 Å². The highest BCUT2D eigenvalue weighted by Gasteiger charge is 2.39. The van der Waals surface area contributed by atoms with Crippen LogP contribution in [0.25, 0.3) is 10.9 Å². The number of benzene rings is 1. The fourth-order valence-electron chi connectivity index (χ4n) is 5.75. The summed E-state index contributed by atoms with van der Waals surface area (Å²) in [4.78, 5) is 29.7. The maximum atomic E-state index is 12.9. The van der Waals surface area contributed by atoms with Crippen molar-refractivity contribution in [3.05, 3.63) is 34.5 Å². The zero-order valence-electron chi connectivity index (χ0n) is 19.6. The van der Waals surface area contributed by atoms with Gasteiger partial charge in [-0.2, -0.15) is 0 Å². The van der Waals surface area contributed by atoms with E-state index in [1.807, 2.05) is 24.6 Å². The van der Waals surface area contributed by atoms with E-state index in [4.69, 9.17) is 0 Å². The Morgan fingerprint density at radius 1 is 1.19 bits per heavy atom. The maximum Gasteiger partial charge on any atom is 0.336 e. The highest BCUT2D eigenvalue weighted by Crippen LogP contribution is 2.45. The lowest BCUT2D eigenvalue weighted by atomic mass is 9.74. The van der Waals surface area contributed by atoms with Crippen LogP contribution < -0.4 is 5.43 Å². The van der Waals surface area contributed by atoms with Crippen LogP contribution in [0.5, 0.6) is 0 Å². The Labute approximate surface area is 185 Å². The van der Waals surface area contributed by atoms with E-state index in [-0.39, 0.29) is 11.8 Å². The number of carbonyl (C=O) groups excluding carboxylic acids is 2. The largest absolute Gasteiger partial charge is 0.336 e. The number of hydrogen-bond acceptors (Lipinski definition) is 3. The number of ketones is 1. The number of carbonyl (C=O) groups is 2. The predicted molar refractivity (Wildman–Crippen MR) is 126 cm³/mol. The highest BCUT2D eigenvalue weighted by molar-refractivity contribution is 6.01. The summed E-state index contributed by atoms with van der Waals surface area (Å²) in [5.74, 6) is 0.520. The second-order valence-corrected chi connectivity index (χ2v) is 9.06. The van der Waals surface area contributed by atoms with Gasteiger partial charge in [0.1, 0.15) is 0 Å². The second kappa shape index (κ2) is 8.65. The predicted octanol–water partition coefficient (Wildman–Crippen LogP) is 4.67. The van der Waals surface area contributed by atoms with Crippen molar-refractivity contribution in [3.63, 3.8) is 0 Å². The van der Waals surface area contributed by atoms with Gasteiger partial charge in [0.05, 0.1) is 5.52 Å². The Hall–Kier alpha value is -2.34. The van der Waals surface area contributed by atoms with Crippen LogP contribution in [0.3, 0.4) is 0 Å². The van der Waals surface area contributed by atoms with E-state index in [0.29, 0.717) is 25.0 Å². The van der Waals surface area contributed by atoms with Gasteiger partial charge >= 0.3 is 6.03 Å². The monoisotopic (exact) mass is 424 g/mol. The van der Waals surface area contributed by atoms with Gasteiger partial charge in [0, 0.05) is 41.7 Å². The fraction of sp³-hybridized carbons (Fsp3) is 0.600. The molecule has 2 heterocycles. The summed E-state index contributed by atoms with van der Waals surface area (Å²) >= 11 is 0. The quantitative estimate of drug-likeness (QED) is 0.686. The molecule has 2 aliphatic rings. The van der Waals surface area contributed by atoms with Crippen LogP contribution >= 0.6 is 0 Å². The summed E-state index contributed by atoms with van der Waals surface area (Å²) < 4.78 is 1.93. The number of fused-ring (bicyclic) bond motifs is 2. The molecule has 1 aliphatic carbocycles. The van der Waals surface area contributed by atoms with Gasteiger partial charge in [-0.25, -0.2) is 10.2 Å². The molecule has 6 nitrogen and oxygen atoms in total. The molecular formula is C25H36N4O2. The summed E-state index contributed by atoms with van der Waals surface area (Å²) in [5, 5.41) is 1.25. The van der Waals surface area contributed by atoms with E-state index in [1.54, 1.807) is 11.8 Å². The van der Waals surface area contributed by atoms with Crippen LogP contribution in [-0.4, -0.2) is 58.5 Å². The number of nitrogens with one attached hydrogen (secondary N) is 1. The highest BCUT2D eigenvalue weighted by atomic mass is 16.2. The first-order chi connectivity index (χ1) is 14.9. The second-order valence-electron chi connectivity index (χ2n) is 9.06. The number of aromatic nitrogens is 1. The van der Waals surface area contributed by atoms with E-state index >= 15 is 0 Å². The van der Waals surface area contributed by atoms with Gasteiger partial charge in [0.15, 0.2) is 5.78 Å². The average molecular weight is 425 g/mol. The number of piperidine rings is 1. The molecule has 1 saturated heterocycles. The van der Waals surface area contributed by atoms with Crippen LogP contribution in [0.15, 0.2) is 12.1 Å². The number of hydrogen-bond donors (Lipinski definition) is 1. The van der Waals surface area contributed by atoms with E-state index in [1.165, 1.54) is 22.9 Å². The normalized spacial score (nSPS) is 20.5. The van der Waals surface area contributed by atoms with E-state index in [9.17, 15) is 9.59 Å². The molecule has 1 fully saturated rings. The molecule has 0 bridgehead atoms. The number of urea groups is 1. The molecule has 0 spiro atoms. The lowest BCUT2D eigenvalue weighted by Gasteiger charge is -2.44. The Morgan fingerprint density at radius 2 is 1.94 bits per heavy atom.